The van der Waals surface area contributed by atoms with Crippen LogP contribution in [0.5, 0.6) is 11.5 Å². The number of benzene rings is 3. The van der Waals surface area contributed by atoms with E-state index in [1.165, 1.54) is 12.1 Å². The van der Waals surface area contributed by atoms with Gasteiger partial charge in [0.15, 0.2) is 0 Å². The molecule has 0 aliphatic carbocycles. The zero-order valence-electron chi connectivity index (χ0n) is 24.8. The van der Waals surface area contributed by atoms with Crippen LogP contribution in [0.15, 0.2) is 77.9 Å². The fourth-order valence-electron chi connectivity index (χ4n) is 4.80. The fourth-order valence-corrected chi connectivity index (χ4v) is 6.74. The molecule has 1 atom stereocenters. The average molecular weight is 659 g/mol. The zero-order valence-corrected chi connectivity index (χ0v) is 27.1. The molecule has 3 aromatic rings. The largest absolute Gasteiger partial charge is 0.478 e. The van der Waals surface area contributed by atoms with Crippen LogP contribution in [-0.4, -0.2) is 55.1 Å². The number of hydrogen-bond donors (Lipinski definition) is 2. The van der Waals surface area contributed by atoms with Crippen molar-refractivity contribution in [2.75, 3.05) is 18.8 Å². The number of sulfonamides is 1. The van der Waals surface area contributed by atoms with E-state index in [2.05, 4.69) is 11.6 Å². The van der Waals surface area contributed by atoms with Gasteiger partial charge in [0.05, 0.1) is 23.9 Å². The third-order valence-electron chi connectivity index (χ3n) is 7.15. The summed E-state index contributed by atoms with van der Waals surface area (Å²) >= 11 is 12.6. The van der Waals surface area contributed by atoms with Gasteiger partial charge in [-0.1, -0.05) is 68.1 Å². The van der Waals surface area contributed by atoms with Gasteiger partial charge >= 0.3 is 5.97 Å². The molecular weight excluding hydrogens is 621 g/mol. The number of nitrogens with one attached hydrogen (secondary N) is 1. The number of nitrogens with zero attached hydrogens (tertiary/aromatic N) is 2. The Labute approximate surface area is 269 Å². The lowest BCUT2D eigenvalue weighted by Gasteiger charge is -2.33. The Morgan fingerprint density at radius 1 is 1.00 bits per heavy atom. The van der Waals surface area contributed by atoms with E-state index >= 15 is 0 Å². The Kier molecular flexibility index (Phi) is 11.9. The molecule has 0 saturated carbocycles. The normalized spacial score (nSPS) is 14.1. The molecular formula is C33H37Cl2N3O5S. The molecule has 11 heteroatoms. The van der Waals surface area contributed by atoms with Crippen LogP contribution in [0.2, 0.25) is 10.0 Å². The summed E-state index contributed by atoms with van der Waals surface area (Å²) in [6.07, 6.45) is 5.59. The third-order valence-corrected chi connectivity index (χ3v) is 9.16. The molecule has 0 saturated heterocycles. The Morgan fingerprint density at radius 2 is 1.66 bits per heavy atom. The monoisotopic (exact) mass is 657 g/mol. The first-order chi connectivity index (χ1) is 21.1. The van der Waals surface area contributed by atoms with E-state index in [9.17, 15) is 13.2 Å². The predicted molar refractivity (Wildman–Crippen MR) is 178 cm³/mol. The molecule has 0 fully saturated rings. The molecule has 2 N–H and O–H groups in total. The maximum Gasteiger partial charge on any atom is 0.335 e. The highest BCUT2D eigenvalue weighted by Crippen LogP contribution is 2.30. The number of rotatable bonds is 15. The van der Waals surface area contributed by atoms with Gasteiger partial charge in [0.25, 0.3) is 0 Å². The fraction of sp³-hybridized carbons (Fsp3) is 0.333. The second-order valence-corrected chi connectivity index (χ2v) is 13.3. The maximum absolute atomic E-state index is 13.2. The molecule has 1 unspecified atom stereocenters. The lowest BCUT2D eigenvalue weighted by Crippen LogP contribution is -2.50. The van der Waals surface area contributed by atoms with E-state index in [1.807, 2.05) is 36.2 Å². The minimum atomic E-state index is -3.57. The minimum absolute atomic E-state index is 0.0388. The van der Waals surface area contributed by atoms with E-state index in [1.54, 1.807) is 36.4 Å². The topological polar surface area (TPSA) is 108 Å². The first-order valence-electron chi connectivity index (χ1n) is 14.7. The second-order valence-electron chi connectivity index (χ2n) is 10.6. The summed E-state index contributed by atoms with van der Waals surface area (Å²) in [6.45, 7) is 5.09. The van der Waals surface area contributed by atoms with Gasteiger partial charge in [-0.2, -0.15) is 0 Å². The molecule has 0 radical (unpaired) electrons. The number of carboxylic acids is 1. The number of carbonyl (C=O) groups is 1. The second kappa shape index (κ2) is 15.6. The highest BCUT2D eigenvalue weighted by molar-refractivity contribution is 7.89. The van der Waals surface area contributed by atoms with Gasteiger partial charge in [0, 0.05) is 22.8 Å². The van der Waals surface area contributed by atoms with Crippen LogP contribution < -0.4 is 9.46 Å². The summed E-state index contributed by atoms with van der Waals surface area (Å²) in [4.78, 5) is 18.1. The summed E-state index contributed by atoms with van der Waals surface area (Å²) in [6, 6.07) is 18.3. The standard InChI is InChI=1S/C33H37Cl2N3O5S/c1-3-5-17-38-22-25(29-16-11-26(34)20-30(29)35)21-36-32(38)31(37-44(41,42)18-6-4-2)19-23-7-12-27(13-8-23)43-28-14-9-24(10-15-28)33(39)40/h7-16,20,22,31,37H,3-6,17-19,21H2,1-2H3,(H,39,40). The van der Waals surface area contributed by atoms with Crippen molar-refractivity contribution in [3.8, 4) is 11.5 Å². The highest BCUT2D eigenvalue weighted by Gasteiger charge is 2.29. The van der Waals surface area contributed by atoms with Gasteiger partial charge < -0.3 is 14.7 Å². The van der Waals surface area contributed by atoms with E-state index in [-0.39, 0.29) is 11.3 Å². The molecule has 0 aromatic heterocycles. The molecule has 4 rings (SSSR count). The van der Waals surface area contributed by atoms with Gasteiger partial charge in [0.2, 0.25) is 10.0 Å². The number of ether oxygens (including phenoxy) is 1. The molecule has 44 heavy (non-hydrogen) atoms. The van der Waals surface area contributed by atoms with Crippen LogP contribution in [0, 0.1) is 0 Å². The van der Waals surface area contributed by atoms with Crippen molar-refractivity contribution in [1.29, 1.82) is 0 Å². The molecule has 1 heterocycles. The summed E-state index contributed by atoms with van der Waals surface area (Å²) in [7, 11) is -3.57. The number of carboxylic acid groups (broad SMARTS) is 1. The number of hydrogen-bond acceptors (Lipinski definition) is 6. The van der Waals surface area contributed by atoms with Gasteiger partial charge in [0.1, 0.15) is 17.3 Å². The lowest BCUT2D eigenvalue weighted by molar-refractivity contribution is 0.0697. The number of amidine groups is 1. The SMILES string of the molecule is CCCCN1C=C(c2ccc(Cl)cc2Cl)CN=C1C(Cc1ccc(Oc2ccc(C(=O)O)cc2)cc1)NS(=O)(=O)CCCC. The maximum atomic E-state index is 13.2. The number of halogens is 2. The first kappa shape index (κ1) is 33.5. The van der Waals surface area contributed by atoms with Crippen molar-refractivity contribution >= 4 is 50.6 Å². The average Bonchev–Trinajstić information content (AvgIpc) is 3.00. The summed E-state index contributed by atoms with van der Waals surface area (Å²) in [5, 5.41) is 10.2. The van der Waals surface area contributed by atoms with Gasteiger partial charge in [-0.3, -0.25) is 4.99 Å². The first-order valence-corrected chi connectivity index (χ1v) is 17.1. The zero-order chi connectivity index (χ0) is 31.7. The third kappa shape index (κ3) is 9.32. The quantitative estimate of drug-likeness (QED) is 0.174. The Balaban J connectivity index is 1.59. The summed E-state index contributed by atoms with van der Waals surface area (Å²) in [5.41, 5.74) is 2.85. The van der Waals surface area contributed by atoms with E-state index < -0.39 is 22.0 Å². The predicted octanol–water partition coefficient (Wildman–Crippen LogP) is 7.67. The van der Waals surface area contributed by atoms with E-state index in [0.29, 0.717) is 53.3 Å². The van der Waals surface area contributed by atoms with Gasteiger partial charge in [-0.25, -0.2) is 17.9 Å². The Hall–Kier alpha value is -3.37. The smallest absolute Gasteiger partial charge is 0.335 e. The minimum Gasteiger partial charge on any atom is -0.478 e. The van der Waals surface area contributed by atoms with Gasteiger partial charge in [-0.15, -0.1) is 0 Å². The molecule has 0 amide bonds. The van der Waals surface area contributed by atoms with Crippen LogP contribution in [0.3, 0.4) is 0 Å². The summed E-state index contributed by atoms with van der Waals surface area (Å²) < 4.78 is 35.1. The van der Waals surface area contributed by atoms with E-state index in [0.717, 1.165) is 36.0 Å². The molecule has 3 aromatic carbocycles. The highest BCUT2D eigenvalue weighted by atomic mass is 35.5. The molecule has 0 spiro atoms. The van der Waals surface area contributed by atoms with E-state index in [4.69, 9.17) is 38.0 Å². The van der Waals surface area contributed by atoms with Crippen LogP contribution in [0.1, 0.15) is 61.0 Å². The van der Waals surface area contributed by atoms with Crippen LogP contribution in [0.25, 0.3) is 5.57 Å². The van der Waals surface area contributed by atoms with Crippen LogP contribution >= 0.6 is 23.2 Å². The number of unbranched alkanes of at least 4 members (excludes halogenated alkanes) is 2. The molecule has 8 nitrogen and oxygen atoms in total. The molecule has 1 aliphatic rings. The Morgan fingerprint density at radius 3 is 2.27 bits per heavy atom. The van der Waals surface area contributed by atoms with Gasteiger partial charge in [-0.05, 0) is 84.5 Å². The van der Waals surface area contributed by atoms with Crippen LogP contribution in [-0.2, 0) is 16.4 Å². The van der Waals surface area contributed by atoms with Crippen molar-refractivity contribution < 1.29 is 23.1 Å². The molecule has 1 aliphatic heterocycles. The number of aliphatic imine (C=N–C) groups is 1. The van der Waals surface area contributed by atoms with Crippen molar-refractivity contribution in [3.05, 3.63) is 99.7 Å². The summed E-state index contributed by atoms with van der Waals surface area (Å²) in [5.74, 6) is 0.778. The Bertz CT molecular complexity index is 1610. The van der Waals surface area contributed by atoms with Crippen molar-refractivity contribution in [2.45, 2.75) is 52.0 Å². The number of aromatic carboxylic acids is 1. The van der Waals surface area contributed by atoms with Crippen molar-refractivity contribution in [3.63, 3.8) is 0 Å². The molecule has 234 valence electrons. The lowest BCUT2D eigenvalue weighted by atomic mass is 10.0. The van der Waals surface area contributed by atoms with Crippen molar-refractivity contribution in [1.82, 2.24) is 9.62 Å². The molecule has 0 bridgehead atoms. The van der Waals surface area contributed by atoms with Crippen molar-refractivity contribution in [2.24, 2.45) is 4.99 Å². The van der Waals surface area contributed by atoms with Crippen LogP contribution in [0.4, 0.5) is 0 Å².